The molecular weight excluding hydrogens is 624 g/mol. The van der Waals surface area contributed by atoms with E-state index in [1.165, 1.54) is 10.3 Å². The van der Waals surface area contributed by atoms with Crippen molar-refractivity contribution in [3.63, 3.8) is 0 Å². The normalized spacial score (nSPS) is 20.8. The topological polar surface area (TPSA) is 68.0 Å². The number of nitrogens with zero attached hydrogens (tertiary/aromatic N) is 4. The molecule has 3 heterocycles. The van der Waals surface area contributed by atoms with Crippen LogP contribution in [0.25, 0.3) is 0 Å². The van der Waals surface area contributed by atoms with Crippen molar-refractivity contribution >= 4 is 55.3 Å². The summed E-state index contributed by atoms with van der Waals surface area (Å²) in [4.78, 5) is 31.0. The first-order valence-electron chi connectivity index (χ1n) is 12.9. The molecule has 10 heteroatoms. The maximum Gasteiger partial charge on any atom is 0.258 e. The second-order valence-corrected chi connectivity index (χ2v) is 12.4. The van der Waals surface area contributed by atoms with Gasteiger partial charge in [0.15, 0.2) is 0 Å². The van der Waals surface area contributed by atoms with Crippen LogP contribution in [0, 0.1) is 5.92 Å². The molecule has 0 unspecified atom stereocenters. The van der Waals surface area contributed by atoms with Gasteiger partial charge in [-0.2, -0.15) is 0 Å². The van der Waals surface area contributed by atoms with Gasteiger partial charge in [-0.3, -0.25) is 19.7 Å². The summed E-state index contributed by atoms with van der Waals surface area (Å²) in [5.41, 5.74) is 4.27. The summed E-state index contributed by atoms with van der Waals surface area (Å²) >= 11 is 13.7. The van der Waals surface area contributed by atoms with Gasteiger partial charge in [-0.25, -0.2) is 0 Å². The van der Waals surface area contributed by atoms with Crippen LogP contribution < -0.4 is 4.73 Å². The van der Waals surface area contributed by atoms with Crippen LogP contribution in [0.4, 0.5) is 0 Å². The second kappa shape index (κ2) is 11.2. The summed E-state index contributed by atoms with van der Waals surface area (Å²) in [5.74, 6) is 0.669. The van der Waals surface area contributed by atoms with Crippen LogP contribution in [0.1, 0.15) is 54.6 Å². The Bertz CT molecular complexity index is 1210. The third-order valence-electron chi connectivity index (χ3n) is 8.12. The van der Waals surface area contributed by atoms with E-state index in [1.807, 2.05) is 15.9 Å². The Labute approximate surface area is 239 Å². The van der Waals surface area contributed by atoms with Crippen molar-refractivity contribution in [1.29, 1.82) is 0 Å². The number of halogens is 3. The lowest BCUT2D eigenvalue weighted by Gasteiger charge is -2.39. The number of carbonyl (C=O) groups is 2. The van der Waals surface area contributed by atoms with Crippen molar-refractivity contribution in [2.24, 2.45) is 5.92 Å². The van der Waals surface area contributed by atoms with Gasteiger partial charge in [0, 0.05) is 67.4 Å². The van der Waals surface area contributed by atoms with Crippen LogP contribution in [0.2, 0.25) is 5.02 Å². The summed E-state index contributed by atoms with van der Waals surface area (Å²) in [6.45, 7) is 5.85. The molecular formula is C27H32Br2ClN4O3+. The molecule has 3 aliphatic rings. The van der Waals surface area contributed by atoms with Gasteiger partial charge in [-0.15, -0.1) is 0 Å². The molecule has 0 bridgehead atoms. The molecule has 0 radical (unpaired) electrons. The Hall–Kier alpha value is -1.68. The van der Waals surface area contributed by atoms with E-state index < -0.39 is 0 Å². The summed E-state index contributed by atoms with van der Waals surface area (Å²) in [6.07, 6.45) is 5.64. The van der Waals surface area contributed by atoms with Crippen LogP contribution in [0.5, 0.6) is 0 Å². The molecule has 7 nitrogen and oxygen atoms in total. The first-order valence-corrected chi connectivity index (χ1v) is 14.9. The van der Waals surface area contributed by atoms with Crippen molar-refractivity contribution in [1.82, 2.24) is 14.7 Å². The highest BCUT2D eigenvalue weighted by atomic mass is 79.9. The van der Waals surface area contributed by atoms with Gasteiger partial charge >= 0.3 is 0 Å². The molecule has 2 saturated heterocycles. The monoisotopic (exact) mass is 653 g/mol. The molecule has 1 atom stereocenters. The lowest BCUT2D eigenvalue weighted by atomic mass is 9.92. The van der Waals surface area contributed by atoms with E-state index >= 15 is 0 Å². The SMILES string of the molecule is CC(=O)N1CCC(CC(=O)N2CCN([C@H]3c4ccc(Cl)c(Br)c4CCc4cc(Br)c[n+](O)c43)CC2)CC1. The lowest BCUT2D eigenvalue weighted by molar-refractivity contribution is -0.911. The molecule has 5 rings (SSSR count). The van der Waals surface area contributed by atoms with Gasteiger partial charge in [0.05, 0.1) is 9.50 Å². The third-order valence-corrected chi connectivity index (χ3v) is 10.0. The third kappa shape index (κ3) is 5.56. The smallest absolute Gasteiger partial charge is 0.258 e. The number of benzene rings is 1. The van der Waals surface area contributed by atoms with Crippen LogP contribution in [0.15, 0.2) is 33.3 Å². The quantitative estimate of drug-likeness (QED) is 0.394. The number of piperidine rings is 1. The van der Waals surface area contributed by atoms with Crippen molar-refractivity contribution in [3.05, 3.63) is 60.7 Å². The Morgan fingerprint density at radius 2 is 1.76 bits per heavy atom. The van der Waals surface area contributed by atoms with Crippen LogP contribution >= 0.6 is 43.5 Å². The van der Waals surface area contributed by atoms with Crippen LogP contribution in [-0.4, -0.2) is 71.0 Å². The molecule has 1 aromatic heterocycles. The number of amides is 2. The summed E-state index contributed by atoms with van der Waals surface area (Å²) in [5, 5.41) is 11.7. The predicted molar refractivity (Wildman–Crippen MR) is 148 cm³/mol. The first kappa shape index (κ1) is 26.9. The average molecular weight is 656 g/mol. The zero-order valence-corrected chi connectivity index (χ0v) is 24.9. The number of hydrogen-bond donors (Lipinski definition) is 1. The number of carbonyl (C=O) groups excluding carboxylic acids is 2. The highest BCUT2D eigenvalue weighted by molar-refractivity contribution is 9.10. The second-order valence-electron chi connectivity index (χ2n) is 10.3. The van der Waals surface area contributed by atoms with Gasteiger partial charge in [0.1, 0.15) is 6.04 Å². The van der Waals surface area contributed by atoms with E-state index in [9.17, 15) is 14.8 Å². The van der Waals surface area contributed by atoms with E-state index in [0.29, 0.717) is 43.5 Å². The Kier molecular flexibility index (Phi) is 8.15. The molecule has 1 N–H and O–H groups in total. The molecule has 2 aliphatic heterocycles. The number of pyridine rings is 1. The Morgan fingerprint density at radius 3 is 2.43 bits per heavy atom. The van der Waals surface area contributed by atoms with Gasteiger partial charge in [0.25, 0.3) is 5.69 Å². The predicted octanol–water partition coefficient (Wildman–Crippen LogP) is 4.37. The summed E-state index contributed by atoms with van der Waals surface area (Å²) < 4.78 is 3.00. The maximum absolute atomic E-state index is 13.1. The van der Waals surface area contributed by atoms with E-state index in [-0.39, 0.29) is 17.9 Å². The minimum absolute atomic E-state index is 0.119. The largest absolute Gasteiger partial charge is 0.343 e. The number of likely N-dealkylation sites (tertiary alicyclic amines) is 1. The zero-order valence-electron chi connectivity index (χ0n) is 20.9. The molecule has 2 aromatic rings. The van der Waals surface area contributed by atoms with E-state index in [4.69, 9.17) is 11.6 Å². The molecule has 37 heavy (non-hydrogen) atoms. The average Bonchev–Trinajstić information content (AvgIpc) is 3.04. The van der Waals surface area contributed by atoms with Gasteiger partial charge in [0.2, 0.25) is 18.0 Å². The lowest BCUT2D eigenvalue weighted by Crippen LogP contribution is -2.52. The number of hydrogen-bond acceptors (Lipinski definition) is 4. The summed E-state index contributed by atoms with van der Waals surface area (Å²) in [6, 6.07) is 5.94. The fourth-order valence-electron chi connectivity index (χ4n) is 6.06. The molecule has 2 amide bonds. The fraction of sp³-hybridized carbons (Fsp3) is 0.519. The highest BCUT2D eigenvalue weighted by Crippen LogP contribution is 2.41. The molecule has 1 aliphatic carbocycles. The molecule has 1 aromatic carbocycles. The van der Waals surface area contributed by atoms with Gasteiger partial charge < -0.3 is 9.80 Å². The first-order chi connectivity index (χ1) is 17.7. The minimum atomic E-state index is -0.146. The van der Waals surface area contributed by atoms with Gasteiger partial charge in [-0.05, 0) is 86.7 Å². The number of rotatable bonds is 3. The number of aryl methyl sites for hydroxylation is 1. The highest BCUT2D eigenvalue weighted by Gasteiger charge is 2.40. The molecule has 2 fully saturated rings. The Morgan fingerprint density at radius 1 is 1.05 bits per heavy atom. The van der Waals surface area contributed by atoms with Crippen LogP contribution in [-0.2, 0) is 22.4 Å². The Balaban J connectivity index is 1.33. The van der Waals surface area contributed by atoms with Crippen molar-refractivity contribution in [2.45, 2.75) is 45.1 Å². The number of fused-ring (bicyclic) bond motifs is 2. The van der Waals surface area contributed by atoms with Crippen LogP contribution in [0.3, 0.4) is 0 Å². The van der Waals surface area contributed by atoms with Crippen molar-refractivity contribution in [2.75, 3.05) is 39.3 Å². The molecule has 198 valence electrons. The maximum atomic E-state index is 13.1. The standard InChI is InChI=1S/C27H32Br2ClN4O3/c1-17(35)31-8-6-18(7-9-31)14-24(36)32-10-12-33(13-11-32)27-22-4-5-23(30)25(29)21(22)3-2-19-15-20(28)16-34(37)26(19)27/h4-5,15-16,18,27,37H,2-3,6-14H2,1H3/q+1/t27-/m0/s1. The zero-order chi connectivity index (χ0) is 26.3. The molecule has 0 saturated carbocycles. The minimum Gasteiger partial charge on any atom is -0.343 e. The van der Waals surface area contributed by atoms with E-state index in [1.54, 1.807) is 13.1 Å². The van der Waals surface area contributed by atoms with Crippen molar-refractivity contribution < 1.29 is 19.5 Å². The van der Waals surface area contributed by atoms with E-state index in [2.05, 4.69) is 48.9 Å². The van der Waals surface area contributed by atoms with Crippen molar-refractivity contribution in [3.8, 4) is 0 Å². The fourth-order valence-corrected chi connectivity index (χ4v) is 7.27. The van der Waals surface area contributed by atoms with E-state index in [0.717, 1.165) is 64.5 Å². The summed E-state index contributed by atoms with van der Waals surface area (Å²) in [7, 11) is 0. The number of aromatic nitrogens is 1. The molecule has 0 spiro atoms. The number of piperazine rings is 1. The van der Waals surface area contributed by atoms with Gasteiger partial charge in [-0.1, -0.05) is 17.7 Å².